The number of rotatable bonds is 6. The third-order valence-corrected chi connectivity index (χ3v) is 23.9. The molecule has 0 amide bonds. The summed E-state index contributed by atoms with van der Waals surface area (Å²) in [5.41, 5.74) is 33.7. The minimum atomic E-state index is -0.263. The van der Waals surface area contributed by atoms with E-state index < -0.39 is 0 Å². The van der Waals surface area contributed by atoms with Crippen LogP contribution >= 0.6 is 0 Å². The highest BCUT2D eigenvalue weighted by Crippen LogP contribution is 2.59. The Morgan fingerprint density at radius 2 is 0.500 bits per heavy atom. The average Bonchev–Trinajstić information content (AvgIpc) is 1.55. The second kappa shape index (κ2) is 29.4. The second-order valence-corrected chi connectivity index (χ2v) is 30.8. The Morgan fingerprint density at radius 3 is 0.991 bits per heavy atom. The van der Waals surface area contributed by atoms with Gasteiger partial charge >= 0.3 is 0 Å². The van der Waals surface area contributed by atoms with Crippen LogP contribution in [0, 0.1) is 34.6 Å². The van der Waals surface area contributed by atoms with Gasteiger partial charge in [-0.25, -0.2) is 0 Å². The number of hydrogen-bond donors (Lipinski definition) is 0. The lowest BCUT2D eigenvalue weighted by molar-refractivity contribution is 0.668. The Balaban J connectivity index is 0.0000000964. The Morgan fingerprint density at radius 1 is 0.167 bits per heavy atom. The molecule has 0 aliphatic heterocycles. The lowest BCUT2D eigenvalue weighted by Crippen LogP contribution is -2.28. The molecule has 3 aliphatic carbocycles. The summed E-state index contributed by atoms with van der Waals surface area (Å²) in [6.45, 7) is 10.7. The summed E-state index contributed by atoms with van der Waals surface area (Å²) < 4.78 is 11.9. The van der Waals surface area contributed by atoms with Gasteiger partial charge in [-0.1, -0.05) is 405 Å². The van der Waals surface area contributed by atoms with Crippen molar-refractivity contribution in [1.82, 2.24) is 0 Å². The van der Waals surface area contributed by atoms with Crippen molar-refractivity contribution in [2.24, 2.45) is 0 Å². The highest BCUT2D eigenvalue weighted by molar-refractivity contribution is 6.19. The van der Waals surface area contributed by atoms with Crippen molar-refractivity contribution >= 4 is 65.4 Å². The number of fused-ring (bicyclic) bond motifs is 18. The van der Waals surface area contributed by atoms with Crippen LogP contribution in [0.5, 0.6) is 0 Å². The second-order valence-electron chi connectivity index (χ2n) is 30.8. The first kappa shape index (κ1) is 70.5. The van der Waals surface area contributed by atoms with E-state index in [1.54, 1.807) is 0 Å². The molecule has 0 N–H and O–H groups in total. The molecule has 0 atom stereocenters. The van der Waals surface area contributed by atoms with E-state index in [0.717, 1.165) is 22.3 Å². The first-order valence-corrected chi connectivity index (χ1v) is 39.7. The number of furan rings is 2. The topological polar surface area (TPSA) is 26.3 Å². The summed E-state index contributed by atoms with van der Waals surface area (Å²) >= 11 is 0. The van der Waals surface area contributed by atoms with E-state index in [9.17, 15) is 0 Å². The number of aryl methyl sites for hydroxylation is 5. The molecule has 114 heavy (non-hydrogen) atoms. The van der Waals surface area contributed by atoms with E-state index in [1.165, 1.54) is 171 Å². The van der Waals surface area contributed by atoms with Gasteiger partial charge in [-0.2, -0.15) is 0 Å². The predicted octanol–water partition coefficient (Wildman–Crippen LogP) is 29.2. The first-order chi connectivity index (χ1) is 56.1. The maximum Gasteiger partial charge on any atom is 0.136 e. The van der Waals surface area contributed by atoms with E-state index in [-0.39, 0.29) is 16.2 Å². The van der Waals surface area contributed by atoms with Crippen molar-refractivity contribution in [3.8, 4) is 33.4 Å². The van der Waals surface area contributed by atoms with Crippen LogP contribution in [0.4, 0.5) is 0 Å². The Kier molecular flexibility index (Phi) is 18.2. The summed E-state index contributed by atoms with van der Waals surface area (Å²) in [5.74, 6) is 0. The maximum absolute atomic E-state index is 5.94. The summed E-state index contributed by atoms with van der Waals surface area (Å²) in [6, 6.07) is 151. The van der Waals surface area contributed by atoms with Gasteiger partial charge in [0, 0.05) is 21.5 Å². The first-order valence-electron chi connectivity index (χ1n) is 39.7. The fourth-order valence-electron chi connectivity index (χ4n) is 18.9. The van der Waals surface area contributed by atoms with E-state index in [1.807, 2.05) is 0 Å². The lowest BCUT2D eigenvalue weighted by Gasteiger charge is -2.34. The number of benzene rings is 18. The van der Waals surface area contributed by atoms with Crippen LogP contribution in [0.2, 0.25) is 0 Å². The van der Waals surface area contributed by atoms with Crippen LogP contribution in [0.1, 0.15) is 94.6 Å². The third kappa shape index (κ3) is 11.9. The van der Waals surface area contributed by atoms with Crippen LogP contribution in [-0.4, -0.2) is 0 Å². The van der Waals surface area contributed by atoms with Gasteiger partial charge in [0.1, 0.15) is 22.3 Å². The zero-order valence-corrected chi connectivity index (χ0v) is 64.7. The summed E-state index contributed by atoms with van der Waals surface area (Å²) in [4.78, 5) is 0. The van der Waals surface area contributed by atoms with Crippen molar-refractivity contribution < 1.29 is 8.83 Å². The molecule has 0 saturated heterocycles. The smallest absolute Gasteiger partial charge is 0.136 e. The summed E-state index contributed by atoms with van der Waals surface area (Å²) in [6.07, 6.45) is 0. The van der Waals surface area contributed by atoms with Gasteiger partial charge in [0.25, 0.3) is 0 Å². The van der Waals surface area contributed by atoms with Crippen LogP contribution in [-0.2, 0) is 16.2 Å². The van der Waals surface area contributed by atoms with Crippen LogP contribution < -0.4 is 0 Å². The Hall–Kier alpha value is -13.9. The molecule has 0 fully saturated rings. The highest BCUT2D eigenvalue weighted by atomic mass is 16.3. The van der Waals surface area contributed by atoms with Gasteiger partial charge in [0.15, 0.2) is 0 Å². The van der Waals surface area contributed by atoms with Crippen LogP contribution in [0.15, 0.2) is 427 Å². The van der Waals surface area contributed by atoms with E-state index in [0.29, 0.717) is 0 Å². The Bertz CT molecular complexity index is 6760. The van der Waals surface area contributed by atoms with Crippen molar-refractivity contribution in [3.63, 3.8) is 0 Å². The quantitative estimate of drug-likeness (QED) is 0.166. The zero-order chi connectivity index (χ0) is 76.9. The molecular formula is C112H84O2. The molecule has 544 valence electrons. The third-order valence-electron chi connectivity index (χ3n) is 23.9. The van der Waals surface area contributed by atoms with Crippen molar-refractivity contribution in [2.45, 2.75) is 50.9 Å². The Labute approximate surface area is 667 Å². The lowest BCUT2D eigenvalue weighted by atomic mass is 9.67. The van der Waals surface area contributed by atoms with Gasteiger partial charge in [-0.15, -0.1) is 0 Å². The minimum Gasteiger partial charge on any atom is -0.456 e. The summed E-state index contributed by atoms with van der Waals surface area (Å²) in [5, 5.41) is 9.82. The van der Waals surface area contributed by atoms with E-state index in [4.69, 9.17) is 8.83 Å². The molecule has 18 aromatic carbocycles. The van der Waals surface area contributed by atoms with E-state index in [2.05, 4.69) is 453 Å². The molecule has 2 aromatic heterocycles. The van der Waals surface area contributed by atoms with Gasteiger partial charge < -0.3 is 8.83 Å². The molecule has 3 aliphatic rings. The summed E-state index contributed by atoms with van der Waals surface area (Å²) in [7, 11) is 0. The van der Waals surface area contributed by atoms with Crippen LogP contribution in [0.3, 0.4) is 0 Å². The largest absolute Gasteiger partial charge is 0.456 e. The molecular weight excluding hydrogens is 1380 g/mol. The fourth-order valence-corrected chi connectivity index (χ4v) is 18.9. The van der Waals surface area contributed by atoms with Gasteiger partial charge in [0.05, 0.1) is 16.2 Å². The van der Waals surface area contributed by atoms with Crippen molar-refractivity contribution in [2.75, 3.05) is 0 Å². The molecule has 0 radical (unpaired) electrons. The average molecular weight is 1460 g/mol. The molecule has 0 bridgehead atoms. The minimum absolute atomic E-state index is 0.262. The molecule has 23 rings (SSSR count). The molecule has 2 nitrogen and oxygen atoms in total. The SMILES string of the molecule is Cc1ccc(C2(c3ccccc3)c3ccccc3-c3ccccc32)cc1.Cc1ccc2c(c1)C(c1ccccc1)(c1ccccc1)c1ccccc1-2.Cc1ccc2c(c1)oc1cc3ccccc3cc12.Cc1ccc2c(c1)oc1ccc3ccccc3c12.Cc1cccc(C2(c3ccccc3)c3ccccc3-c3ccccc32)c1. The zero-order valence-electron chi connectivity index (χ0n) is 64.7. The maximum atomic E-state index is 5.94. The molecule has 0 saturated carbocycles. The molecule has 2 heteroatoms. The van der Waals surface area contributed by atoms with Gasteiger partial charge in [-0.05, 0) is 198 Å². The van der Waals surface area contributed by atoms with Crippen LogP contribution in [0.25, 0.3) is 98.8 Å². The normalized spacial score (nSPS) is 13.2. The molecule has 20 aromatic rings. The molecule has 2 heterocycles. The number of hydrogen-bond acceptors (Lipinski definition) is 2. The highest BCUT2D eigenvalue weighted by Gasteiger charge is 2.49. The van der Waals surface area contributed by atoms with Crippen molar-refractivity contribution in [3.05, 3.63) is 513 Å². The van der Waals surface area contributed by atoms with E-state index >= 15 is 0 Å². The monoisotopic (exact) mass is 1460 g/mol. The molecule has 0 unspecified atom stereocenters. The van der Waals surface area contributed by atoms with Crippen molar-refractivity contribution in [1.29, 1.82) is 0 Å². The molecule has 0 spiro atoms. The van der Waals surface area contributed by atoms with Gasteiger partial charge in [0.2, 0.25) is 0 Å². The van der Waals surface area contributed by atoms with Gasteiger partial charge in [-0.3, -0.25) is 0 Å². The fraction of sp³-hybridized carbons (Fsp3) is 0.0714. The predicted molar refractivity (Wildman–Crippen MR) is 477 cm³/mol. The standard InChI is InChI=1S/3C26H20.2C17H12O/c1-19-16-17-23-22-14-8-9-15-24(22)26(25(23)18-19,20-10-4-2-5-11-20)21-12-6-3-7-13-21;1-19-10-9-13-21(18-19)26(20-11-3-2-4-12-20)24-16-7-5-14-22(24)23-15-6-8-17-25(23)26;1-19-15-17-21(18-16-19)26(20-9-3-2-4-10-20)24-13-7-5-11-22(24)23-12-6-8-14-25(23)26;1-11-6-8-14-16(10-11)18-15-9-7-12-4-2-3-5-13(12)17(14)15;1-11-6-7-14-15-9-12-4-2-3-5-13(12)10-17(15)18-16(14)8-11/h3*2-18H,1H3;2*2-10H,1H3.